The van der Waals surface area contributed by atoms with Gasteiger partial charge in [-0.15, -0.1) is 11.8 Å². The van der Waals surface area contributed by atoms with Crippen LogP contribution in [-0.4, -0.2) is 11.9 Å². The average molecular weight is 329 g/mol. The van der Waals surface area contributed by atoms with Crippen LogP contribution in [0.15, 0.2) is 41.3 Å². The fourth-order valence-corrected chi connectivity index (χ4v) is 4.44. The Morgan fingerprint density at radius 1 is 0.957 bits per heavy atom. The van der Waals surface area contributed by atoms with Crippen LogP contribution in [0.1, 0.15) is 58.3 Å². The second-order valence-electron chi connectivity index (χ2n) is 6.54. The van der Waals surface area contributed by atoms with E-state index >= 15 is 0 Å². The highest BCUT2D eigenvalue weighted by Gasteiger charge is 2.16. The third-order valence-corrected chi connectivity index (χ3v) is 5.86. The first-order valence-corrected chi connectivity index (χ1v) is 10.2. The van der Waals surface area contributed by atoms with Gasteiger partial charge >= 0.3 is 0 Å². The highest BCUT2D eigenvalue weighted by atomic mass is 32.2. The van der Waals surface area contributed by atoms with Crippen LogP contribution in [-0.2, 0) is 0 Å². The molecule has 23 heavy (non-hydrogen) atoms. The Hall–Kier alpha value is -1.15. The summed E-state index contributed by atoms with van der Waals surface area (Å²) in [5, 5.41) is 2.63. The molecule has 1 aliphatic rings. The number of hydrogen-bond donors (Lipinski definition) is 0. The molecule has 0 spiro atoms. The zero-order valence-electron chi connectivity index (χ0n) is 14.2. The normalized spacial score (nSPS) is 15.9. The molecule has 1 nitrogen and oxygen atoms in total. The van der Waals surface area contributed by atoms with Gasteiger partial charge in [0.1, 0.15) is 5.75 Å². The van der Waals surface area contributed by atoms with E-state index in [1.165, 1.54) is 72.8 Å². The van der Waals surface area contributed by atoms with Crippen molar-refractivity contribution in [3.05, 3.63) is 36.4 Å². The minimum Gasteiger partial charge on any atom is -0.490 e. The number of unbranched alkanes of at least 4 members (excludes halogenated alkanes) is 2. The number of fused-ring (bicyclic) bond motifs is 1. The molecular weight excluding hydrogens is 300 g/mol. The third-order valence-electron chi connectivity index (χ3n) is 4.70. The lowest BCUT2D eigenvalue weighted by Gasteiger charge is -2.24. The first kappa shape index (κ1) is 16.7. The third kappa shape index (κ3) is 4.44. The molecule has 0 heterocycles. The molecule has 0 aromatic heterocycles. The van der Waals surface area contributed by atoms with Crippen molar-refractivity contribution in [2.75, 3.05) is 5.75 Å². The van der Waals surface area contributed by atoms with Gasteiger partial charge in [-0.3, -0.25) is 0 Å². The van der Waals surface area contributed by atoms with Gasteiger partial charge < -0.3 is 4.74 Å². The van der Waals surface area contributed by atoms with Gasteiger partial charge in [0.25, 0.3) is 0 Å². The summed E-state index contributed by atoms with van der Waals surface area (Å²) in [5.74, 6) is 2.28. The van der Waals surface area contributed by atoms with Gasteiger partial charge in [0.15, 0.2) is 0 Å². The lowest BCUT2D eigenvalue weighted by atomic mass is 9.97. The Morgan fingerprint density at radius 3 is 2.52 bits per heavy atom. The van der Waals surface area contributed by atoms with Crippen LogP contribution in [0.25, 0.3) is 10.8 Å². The predicted octanol–water partition coefficient (Wildman–Crippen LogP) is 6.83. The van der Waals surface area contributed by atoms with Crippen LogP contribution in [0.5, 0.6) is 5.75 Å². The van der Waals surface area contributed by atoms with Crippen molar-refractivity contribution in [2.24, 2.45) is 0 Å². The van der Waals surface area contributed by atoms with E-state index in [0.717, 1.165) is 5.75 Å². The minimum atomic E-state index is 0.412. The van der Waals surface area contributed by atoms with E-state index in [4.69, 9.17) is 4.74 Å². The molecule has 1 fully saturated rings. The highest BCUT2D eigenvalue weighted by Crippen LogP contribution is 2.36. The molecule has 1 saturated carbocycles. The molecule has 2 heteroatoms. The molecule has 1 aliphatic carbocycles. The predicted molar refractivity (Wildman–Crippen MR) is 102 cm³/mol. The fraction of sp³-hybridized carbons (Fsp3) is 0.524. The Kier molecular flexibility index (Phi) is 6.27. The van der Waals surface area contributed by atoms with E-state index in [-0.39, 0.29) is 0 Å². The maximum absolute atomic E-state index is 6.36. The lowest BCUT2D eigenvalue weighted by Crippen LogP contribution is -2.19. The number of rotatable bonds is 7. The topological polar surface area (TPSA) is 9.23 Å². The molecular formula is C21H28OS. The molecule has 124 valence electrons. The molecule has 0 radical (unpaired) electrons. The maximum Gasteiger partial charge on any atom is 0.127 e. The van der Waals surface area contributed by atoms with Crippen LogP contribution >= 0.6 is 11.8 Å². The summed E-state index contributed by atoms with van der Waals surface area (Å²) >= 11 is 1.99. The second-order valence-corrected chi connectivity index (χ2v) is 7.68. The van der Waals surface area contributed by atoms with Crippen LogP contribution in [0.2, 0.25) is 0 Å². The molecule has 0 saturated heterocycles. The Labute approximate surface area is 144 Å². The molecule has 0 N–H and O–H groups in total. The summed E-state index contributed by atoms with van der Waals surface area (Å²) in [5.41, 5.74) is 0. The summed E-state index contributed by atoms with van der Waals surface area (Å²) in [7, 11) is 0. The first-order chi connectivity index (χ1) is 11.4. The number of hydrogen-bond acceptors (Lipinski definition) is 2. The smallest absolute Gasteiger partial charge is 0.127 e. The SMILES string of the molecule is CCCCCSc1ccc(OC2CCCCC2)c2ccccc12. The van der Waals surface area contributed by atoms with Gasteiger partial charge in [0, 0.05) is 10.3 Å². The van der Waals surface area contributed by atoms with Gasteiger partial charge in [0.05, 0.1) is 6.10 Å². The number of ether oxygens (including phenoxy) is 1. The fourth-order valence-electron chi connectivity index (χ4n) is 3.37. The zero-order chi connectivity index (χ0) is 15.9. The van der Waals surface area contributed by atoms with Crippen molar-refractivity contribution in [1.29, 1.82) is 0 Å². The lowest BCUT2D eigenvalue weighted by molar-refractivity contribution is 0.157. The first-order valence-electron chi connectivity index (χ1n) is 9.19. The summed E-state index contributed by atoms with van der Waals surface area (Å²) in [4.78, 5) is 1.40. The number of benzene rings is 2. The van der Waals surface area contributed by atoms with Gasteiger partial charge in [-0.1, -0.05) is 50.5 Å². The molecule has 2 aromatic carbocycles. The average Bonchev–Trinajstić information content (AvgIpc) is 2.61. The summed E-state index contributed by atoms with van der Waals surface area (Å²) in [6.07, 6.45) is 10.7. The van der Waals surface area contributed by atoms with Crippen molar-refractivity contribution < 1.29 is 4.74 Å². The molecule has 0 bridgehead atoms. The van der Waals surface area contributed by atoms with Crippen molar-refractivity contribution in [2.45, 2.75) is 69.3 Å². The van der Waals surface area contributed by atoms with Gasteiger partial charge in [-0.2, -0.15) is 0 Å². The maximum atomic E-state index is 6.36. The zero-order valence-corrected chi connectivity index (χ0v) is 15.0. The van der Waals surface area contributed by atoms with Crippen molar-refractivity contribution in [3.8, 4) is 5.75 Å². The van der Waals surface area contributed by atoms with Crippen LogP contribution in [0.4, 0.5) is 0 Å². The van der Waals surface area contributed by atoms with Crippen molar-refractivity contribution in [3.63, 3.8) is 0 Å². The molecule has 0 atom stereocenters. The molecule has 2 aromatic rings. The van der Waals surface area contributed by atoms with E-state index in [1.807, 2.05) is 11.8 Å². The van der Waals surface area contributed by atoms with Gasteiger partial charge in [-0.05, 0) is 55.4 Å². The van der Waals surface area contributed by atoms with Crippen molar-refractivity contribution >= 4 is 22.5 Å². The Morgan fingerprint density at radius 2 is 1.74 bits per heavy atom. The van der Waals surface area contributed by atoms with E-state index < -0.39 is 0 Å². The van der Waals surface area contributed by atoms with Gasteiger partial charge in [-0.25, -0.2) is 0 Å². The highest BCUT2D eigenvalue weighted by molar-refractivity contribution is 7.99. The largest absolute Gasteiger partial charge is 0.490 e. The van der Waals surface area contributed by atoms with Crippen molar-refractivity contribution in [1.82, 2.24) is 0 Å². The standard InChI is InChI=1S/C21H28OS/c1-2-3-9-16-23-21-15-14-20(18-12-7-8-13-19(18)21)22-17-10-5-4-6-11-17/h7-8,12-15,17H,2-6,9-11,16H2,1H3. The monoisotopic (exact) mass is 328 g/mol. The second kappa shape index (κ2) is 8.63. The molecule has 3 rings (SSSR count). The molecule has 0 unspecified atom stereocenters. The summed E-state index contributed by atoms with van der Waals surface area (Å²) < 4.78 is 6.36. The van der Waals surface area contributed by atoms with Crippen LogP contribution in [0, 0.1) is 0 Å². The Bertz CT molecular complexity index is 616. The van der Waals surface area contributed by atoms with E-state index in [0.29, 0.717) is 6.10 Å². The van der Waals surface area contributed by atoms with Crippen LogP contribution < -0.4 is 4.74 Å². The quantitative estimate of drug-likeness (QED) is 0.407. The van der Waals surface area contributed by atoms with E-state index in [2.05, 4.69) is 43.3 Å². The summed E-state index contributed by atoms with van der Waals surface area (Å²) in [6.45, 7) is 2.26. The molecule has 0 aliphatic heterocycles. The summed E-state index contributed by atoms with van der Waals surface area (Å²) in [6, 6.07) is 13.2. The van der Waals surface area contributed by atoms with Crippen LogP contribution in [0.3, 0.4) is 0 Å². The number of thioether (sulfide) groups is 1. The van der Waals surface area contributed by atoms with E-state index in [9.17, 15) is 0 Å². The van der Waals surface area contributed by atoms with Gasteiger partial charge in [0.2, 0.25) is 0 Å². The van der Waals surface area contributed by atoms with E-state index in [1.54, 1.807) is 0 Å². The Balaban J connectivity index is 1.77. The molecule has 0 amide bonds. The minimum absolute atomic E-state index is 0.412.